The minimum atomic E-state index is -0.350. The van der Waals surface area contributed by atoms with Crippen LogP contribution in [0.5, 0.6) is 5.75 Å². The van der Waals surface area contributed by atoms with E-state index in [4.69, 9.17) is 0 Å². The second-order valence-corrected chi connectivity index (χ2v) is 8.06. The number of fused-ring (bicyclic) bond motifs is 1. The predicted octanol–water partition coefficient (Wildman–Crippen LogP) is 5.54. The maximum Gasteiger partial charge on any atom is 0.293 e. The van der Waals surface area contributed by atoms with E-state index in [0.29, 0.717) is 10.5 Å². The molecule has 0 atom stereocenters. The number of phenolic OH excluding ortho intramolecular Hbond substituents is 1. The van der Waals surface area contributed by atoms with Crippen molar-refractivity contribution in [2.75, 3.05) is 0 Å². The molecule has 0 saturated carbocycles. The highest BCUT2D eigenvalue weighted by Crippen LogP contribution is 2.35. The summed E-state index contributed by atoms with van der Waals surface area (Å²) < 4.78 is 0.780. The van der Waals surface area contributed by atoms with Crippen molar-refractivity contribution in [1.29, 1.82) is 0 Å². The monoisotopic (exact) mass is 439 g/mol. The zero-order chi connectivity index (χ0) is 19.0. The van der Waals surface area contributed by atoms with Gasteiger partial charge in [0.25, 0.3) is 11.1 Å². The number of hydrogen-bond donors (Lipinski definition) is 1. The molecule has 1 N–H and O–H groups in total. The summed E-state index contributed by atoms with van der Waals surface area (Å²) in [6, 6.07) is 18.8. The maximum absolute atomic E-state index is 12.7. The molecule has 0 bridgehead atoms. The first-order valence-electron chi connectivity index (χ1n) is 8.23. The van der Waals surface area contributed by atoms with Gasteiger partial charge in [-0.25, -0.2) is 0 Å². The van der Waals surface area contributed by atoms with Crippen LogP contribution in [-0.4, -0.2) is 21.2 Å². The molecule has 0 radical (unpaired) electrons. The zero-order valence-electron chi connectivity index (χ0n) is 14.1. The minimum Gasteiger partial charge on any atom is -0.507 e. The highest BCUT2D eigenvalue weighted by atomic mass is 79.9. The molecule has 1 aliphatic heterocycles. The minimum absolute atomic E-state index is 0.0551. The summed E-state index contributed by atoms with van der Waals surface area (Å²) >= 11 is 4.23. The van der Waals surface area contributed by atoms with Crippen LogP contribution in [0.1, 0.15) is 11.1 Å². The molecule has 4 rings (SSSR count). The Morgan fingerprint density at radius 1 is 1.00 bits per heavy atom. The quantitative estimate of drug-likeness (QED) is 0.543. The van der Waals surface area contributed by atoms with Crippen LogP contribution < -0.4 is 0 Å². The van der Waals surface area contributed by atoms with Crippen molar-refractivity contribution in [2.24, 2.45) is 0 Å². The van der Waals surface area contributed by atoms with Gasteiger partial charge in [-0.1, -0.05) is 52.3 Å². The number of thioether (sulfide) groups is 1. The smallest absolute Gasteiger partial charge is 0.293 e. The predicted molar refractivity (Wildman–Crippen MR) is 111 cm³/mol. The number of imide groups is 1. The number of hydrogen-bond acceptors (Lipinski definition) is 4. The van der Waals surface area contributed by atoms with Crippen LogP contribution >= 0.6 is 27.7 Å². The van der Waals surface area contributed by atoms with E-state index in [1.54, 1.807) is 18.2 Å². The summed E-state index contributed by atoms with van der Waals surface area (Å²) in [5, 5.41) is 11.8. The van der Waals surface area contributed by atoms with Crippen molar-refractivity contribution in [2.45, 2.75) is 6.54 Å². The van der Waals surface area contributed by atoms with Gasteiger partial charge in [-0.15, -0.1) is 0 Å². The third-order valence-corrected chi connectivity index (χ3v) is 5.70. The largest absolute Gasteiger partial charge is 0.507 e. The van der Waals surface area contributed by atoms with Gasteiger partial charge in [-0.2, -0.15) is 0 Å². The lowest BCUT2D eigenvalue weighted by Crippen LogP contribution is -2.27. The van der Waals surface area contributed by atoms with Crippen LogP contribution in [0, 0.1) is 0 Å². The fourth-order valence-corrected chi connectivity index (χ4v) is 4.15. The Morgan fingerprint density at radius 3 is 2.59 bits per heavy atom. The van der Waals surface area contributed by atoms with Gasteiger partial charge in [0.2, 0.25) is 0 Å². The molecule has 1 heterocycles. The van der Waals surface area contributed by atoms with E-state index in [0.717, 1.165) is 32.6 Å². The Hall–Kier alpha value is -2.57. The fourth-order valence-electron chi connectivity index (χ4n) is 2.94. The van der Waals surface area contributed by atoms with Crippen LogP contribution in [0.2, 0.25) is 0 Å². The second kappa shape index (κ2) is 7.21. The van der Waals surface area contributed by atoms with E-state index in [-0.39, 0.29) is 23.4 Å². The van der Waals surface area contributed by atoms with Crippen molar-refractivity contribution in [1.82, 2.24) is 4.90 Å². The van der Waals surface area contributed by atoms with Crippen LogP contribution in [0.15, 0.2) is 70.0 Å². The SMILES string of the molecule is O=C1S/C(=C\c2cc(Br)ccc2O)C(=O)N1Cc1ccc2ccccc2c1. The Bertz CT molecular complexity index is 1110. The first kappa shape index (κ1) is 17.8. The maximum atomic E-state index is 12.7. The number of aromatic hydroxyl groups is 1. The summed E-state index contributed by atoms with van der Waals surface area (Å²) in [5.74, 6) is -0.294. The van der Waals surface area contributed by atoms with Gasteiger partial charge in [0.15, 0.2) is 0 Å². The van der Waals surface area contributed by atoms with Gasteiger partial charge in [-0.05, 0) is 58.4 Å². The second-order valence-electron chi connectivity index (χ2n) is 6.15. The third-order valence-electron chi connectivity index (χ3n) is 4.30. The van der Waals surface area contributed by atoms with Crippen molar-refractivity contribution >= 4 is 55.7 Å². The molecule has 1 aliphatic rings. The lowest BCUT2D eigenvalue weighted by Gasteiger charge is -2.13. The fraction of sp³-hybridized carbons (Fsp3) is 0.0476. The number of carbonyl (C=O) groups excluding carboxylic acids is 2. The van der Waals surface area contributed by atoms with Crippen LogP contribution in [-0.2, 0) is 11.3 Å². The summed E-state index contributed by atoms with van der Waals surface area (Å²) in [6.45, 7) is 0.220. The van der Waals surface area contributed by atoms with E-state index in [9.17, 15) is 14.7 Å². The number of halogens is 1. The Morgan fingerprint density at radius 2 is 1.78 bits per heavy atom. The van der Waals surface area contributed by atoms with E-state index >= 15 is 0 Å². The van der Waals surface area contributed by atoms with Gasteiger partial charge < -0.3 is 5.11 Å². The molecule has 3 aromatic rings. The Kier molecular flexibility index (Phi) is 4.76. The highest BCUT2D eigenvalue weighted by Gasteiger charge is 2.35. The standard InChI is InChI=1S/C21H14BrNO3S/c22-17-7-8-18(24)16(10-17)11-19-20(25)23(21(26)27-19)12-13-5-6-14-3-1-2-4-15(14)9-13/h1-11,24H,12H2/b19-11-. The number of carbonyl (C=O) groups is 2. The first-order chi connectivity index (χ1) is 13.0. The Labute approximate surface area is 168 Å². The highest BCUT2D eigenvalue weighted by molar-refractivity contribution is 9.10. The third kappa shape index (κ3) is 3.63. The molecule has 27 heavy (non-hydrogen) atoms. The van der Waals surface area contributed by atoms with Crippen LogP contribution in [0.3, 0.4) is 0 Å². The summed E-state index contributed by atoms with van der Waals surface area (Å²) in [4.78, 5) is 26.6. The van der Waals surface area contributed by atoms with Gasteiger partial charge in [0.05, 0.1) is 11.4 Å². The molecular formula is C21H14BrNO3S. The first-order valence-corrected chi connectivity index (χ1v) is 9.84. The van der Waals surface area contributed by atoms with Crippen LogP contribution in [0.25, 0.3) is 16.8 Å². The van der Waals surface area contributed by atoms with Crippen molar-refractivity contribution in [3.63, 3.8) is 0 Å². The van der Waals surface area contributed by atoms with E-state index in [1.165, 1.54) is 11.0 Å². The summed E-state index contributed by atoms with van der Waals surface area (Å²) in [7, 11) is 0. The molecule has 0 spiro atoms. The van der Waals surface area contributed by atoms with Gasteiger partial charge in [-0.3, -0.25) is 14.5 Å². The lowest BCUT2D eigenvalue weighted by atomic mass is 10.1. The van der Waals surface area contributed by atoms with Crippen molar-refractivity contribution in [3.05, 3.63) is 81.2 Å². The molecule has 6 heteroatoms. The van der Waals surface area contributed by atoms with E-state index in [2.05, 4.69) is 15.9 Å². The average Bonchev–Trinajstić information content (AvgIpc) is 2.92. The molecule has 1 fully saturated rings. The number of benzene rings is 3. The molecular weight excluding hydrogens is 426 g/mol. The van der Waals surface area contributed by atoms with E-state index in [1.807, 2.05) is 42.5 Å². The number of rotatable bonds is 3. The molecule has 0 aliphatic carbocycles. The molecule has 2 amide bonds. The molecule has 0 aromatic heterocycles. The lowest BCUT2D eigenvalue weighted by molar-refractivity contribution is -0.123. The van der Waals surface area contributed by atoms with E-state index < -0.39 is 0 Å². The van der Waals surface area contributed by atoms with Gasteiger partial charge in [0, 0.05) is 10.0 Å². The molecule has 4 nitrogen and oxygen atoms in total. The molecule has 3 aromatic carbocycles. The van der Waals surface area contributed by atoms with Crippen molar-refractivity contribution < 1.29 is 14.7 Å². The Balaban J connectivity index is 1.60. The summed E-state index contributed by atoms with van der Waals surface area (Å²) in [5.41, 5.74) is 1.38. The average molecular weight is 440 g/mol. The van der Waals surface area contributed by atoms with Gasteiger partial charge >= 0.3 is 0 Å². The molecule has 0 unspecified atom stereocenters. The summed E-state index contributed by atoms with van der Waals surface area (Å²) in [6.07, 6.45) is 1.55. The number of phenols is 1. The molecule has 1 saturated heterocycles. The molecule has 134 valence electrons. The van der Waals surface area contributed by atoms with Gasteiger partial charge in [0.1, 0.15) is 5.75 Å². The van der Waals surface area contributed by atoms with Crippen LogP contribution in [0.4, 0.5) is 4.79 Å². The van der Waals surface area contributed by atoms with Crippen molar-refractivity contribution in [3.8, 4) is 5.75 Å². The number of nitrogens with zero attached hydrogens (tertiary/aromatic N) is 1. The normalized spacial score (nSPS) is 15.9. The topological polar surface area (TPSA) is 57.6 Å². The zero-order valence-corrected chi connectivity index (χ0v) is 16.5. The number of amides is 2.